The number of nitrogens with one attached hydrogen (secondary N) is 1. The highest BCUT2D eigenvalue weighted by Gasteiger charge is 2.01. The highest BCUT2D eigenvalue weighted by Crippen LogP contribution is 2.24. The topological polar surface area (TPSA) is 32.3 Å². The van der Waals surface area contributed by atoms with Gasteiger partial charge in [0.2, 0.25) is 0 Å². The molecule has 3 heteroatoms. The number of halogens is 1. The summed E-state index contributed by atoms with van der Waals surface area (Å²) in [5.74, 6) is 1.01. The van der Waals surface area contributed by atoms with Crippen LogP contribution in [-0.4, -0.2) is 11.7 Å². The first-order valence-electron chi connectivity index (χ1n) is 5.31. The van der Waals surface area contributed by atoms with E-state index in [-0.39, 0.29) is 0 Å². The molecule has 0 saturated carbocycles. The van der Waals surface area contributed by atoms with E-state index in [1.54, 1.807) is 6.07 Å². The number of hydrogen-bond acceptors (Lipinski definition) is 2. The molecule has 0 aliphatic heterocycles. The van der Waals surface area contributed by atoms with Crippen molar-refractivity contribution in [2.24, 2.45) is 5.92 Å². The van der Waals surface area contributed by atoms with Crippen molar-refractivity contribution < 1.29 is 5.11 Å². The summed E-state index contributed by atoms with van der Waals surface area (Å²) < 4.78 is 0.755. The molecule has 1 aromatic carbocycles. The van der Waals surface area contributed by atoms with Crippen molar-refractivity contribution in [3.05, 3.63) is 28.2 Å². The van der Waals surface area contributed by atoms with Gasteiger partial charge >= 0.3 is 0 Å². The number of hydrogen-bond donors (Lipinski definition) is 2. The van der Waals surface area contributed by atoms with Gasteiger partial charge in [-0.25, -0.2) is 0 Å². The van der Waals surface area contributed by atoms with Crippen molar-refractivity contribution in [2.75, 3.05) is 6.54 Å². The molecule has 0 spiro atoms. The molecule has 0 heterocycles. The largest absolute Gasteiger partial charge is 0.507 e. The van der Waals surface area contributed by atoms with Crippen LogP contribution >= 0.6 is 15.9 Å². The van der Waals surface area contributed by atoms with Crippen LogP contribution in [0.5, 0.6) is 5.75 Å². The van der Waals surface area contributed by atoms with Gasteiger partial charge in [-0.1, -0.05) is 26.3 Å². The van der Waals surface area contributed by atoms with Crippen LogP contribution in [0.25, 0.3) is 0 Å². The normalized spacial score (nSPS) is 12.7. The Morgan fingerprint density at radius 3 is 2.80 bits per heavy atom. The molecule has 1 rings (SSSR count). The third kappa shape index (κ3) is 4.22. The molecule has 15 heavy (non-hydrogen) atoms. The monoisotopic (exact) mass is 271 g/mol. The van der Waals surface area contributed by atoms with Crippen molar-refractivity contribution in [1.29, 1.82) is 0 Å². The second kappa shape index (κ2) is 6.13. The maximum atomic E-state index is 9.33. The van der Waals surface area contributed by atoms with E-state index in [2.05, 4.69) is 35.1 Å². The van der Waals surface area contributed by atoms with Gasteiger partial charge in [0.15, 0.2) is 0 Å². The molecule has 0 fully saturated rings. The zero-order valence-corrected chi connectivity index (χ0v) is 10.8. The van der Waals surface area contributed by atoms with E-state index in [1.165, 1.54) is 12.0 Å². The zero-order chi connectivity index (χ0) is 11.3. The minimum Gasteiger partial charge on any atom is -0.507 e. The summed E-state index contributed by atoms with van der Waals surface area (Å²) in [5.41, 5.74) is 1.18. The maximum Gasteiger partial charge on any atom is 0.129 e. The fourth-order valence-electron chi connectivity index (χ4n) is 1.27. The van der Waals surface area contributed by atoms with Gasteiger partial charge in [0, 0.05) is 6.54 Å². The summed E-state index contributed by atoms with van der Waals surface area (Å²) in [6, 6.07) is 5.59. The molecule has 0 amide bonds. The SMILES string of the molecule is CCC(C)CNCc1ccc(O)c(Br)c1. The molecule has 2 nitrogen and oxygen atoms in total. The van der Waals surface area contributed by atoms with Gasteiger partial charge in [-0.2, -0.15) is 0 Å². The molecule has 0 bridgehead atoms. The minimum atomic E-state index is 0.292. The lowest BCUT2D eigenvalue weighted by molar-refractivity contribution is 0.471. The van der Waals surface area contributed by atoms with Crippen molar-refractivity contribution in [2.45, 2.75) is 26.8 Å². The summed E-state index contributed by atoms with van der Waals surface area (Å²) in [5, 5.41) is 12.7. The molecule has 1 aromatic rings. The van der Waals surface area contributed by atoms with Crippen LogP contribution in [0.2, 0.25) is 0 Å². The third-order valence-corrected chi connectivity index (χ3v) is 3.17. The molecule has 1 atom stereocenters. The first-order valence-corrected chi connectivity index (χ1v) is 6.11. The Labute approximate surface area is 99.8 Å². The summed E-state index contributed by atoms with van der Waals surface area (Å²) in [7, 11) is 0. The smallest absolute Gasteiger partial charge is 0.129 e. The Morgan fingerprint density at radius 1 is 1.47 bits per heavy atom. The number of benzene rings is 1. The molecule has 1 unspecified atom stereocenters. The molecule has 0 aromatic heterocycles. The predicted molar refractivity (Wildman–Crippen MR) is 67.0 cm³/mol. The molecule has 0 radical (unpaired) electrons. The summed E-state index contributed by atoms with van der Waals surface area (Å²) in [6.45, 7) is 6.32. The van der Waals surface area contributed by atoms with Crippen LogP contribution in [0.15, 0.2) is 22.7 Å². The number of phenolic OH excluding ortho intramolecular Hbond substituents is 1. The van der Waals surface area contributed by atoms with Gasteiger partial charge in [0.1, 0.15) is 5.75 Å². The fourth-order valence-corrected chi connectivity index (χ4v) is 1.69. The van der Waals surface area contributed by atoms with Crippen LogP contribution in [-0.2, 0) is 6.54 Å². The summed E-state index contributed by atoms with van der Waals surface area (Å²) >= 11 is 3.30. The lowest BCUT2D eigenvalue weighted by Crippen LogP contribution is -2.20. The van der Waals surface area contributed by atoms with Crippen LogP contribution in [0.4, 0.5) is 0 Å². The van der Waals surface area contributed by atoms with Gasteiger partial charge < -0.3 is 10.4 Å². The van der Waals surface area contributed by atoms with Crippen molar-refractivity contribution in [3.8, 4) is 5.75 Å². The second-order valence-corrected chi connectivity index (χ2v) is 4.78. The van der Waals surface area contributed by atoms with Crippen LogP contribution in [0.3, 0.4) is 0 Å². The highest BCUT2D eigenvalue weighted by molar-refractivity contribution is 9.10. The Balaban J connectivity index is 2.41. The molecule has 0 aliphatic carbocycles. The first-order chi connectivity index (χ1) is 7.13. The van der Waals surface area contributed by atoms with E-state index < -0.39 is 0 Å². The Kier molecular flexibility index (Phi) is 5.12. The summed E-state index contributed by atoms with van der Waals surface area (Å²) in [4.78, 5) is 0. The Hall–Kier alpha value is -0.540. The van der Waals surface area contributed by atoms with Gasteiger partial charge in [-0.15, -0.1) is 0 Å². The predicted octanol–water partition coefficient (Wildman–Crippen LogP) is 3.29. The lowest BCUT2D eigenvalue weighted by Gasteiger charge is -2.10. The number of phenols is 1. The van der Waals surface area contributed by atoms with Crippen molar-refractivity contribution in [1.82, 2.24) is 5.32 Å². The molecule has 0 saturated heterocycles. The van der Waals surface area contributed by atoms with Gasteiger partial charge in [-0.3, -0.25) is 0 Å². The maximum absolute atomic E-state index is 9.33. The van der Waals surface area contributed by atoms with E-state index in [1.807, 2.05) is 12.1 Å². The zero-order valence-electron chi connectivity index (χ0n) is 9.26. The van der Waals surface area contributed by atoms with E-state index in [4.69, 9.17) is 0 Å². The average Bonchev–Trinajstić information content (AvgIpc) is 2.23. The fraction of sp³-hybridized carbons (Fsp3) is 0.500. The molecule has 84 valence electrons. The first kappa shape index (κ1) is 12.5. The molecular formula is C12H18BrNO. The van der Waals surface area contributed by atoms with Gasteiger partial charge in [0.05, 0.1) is 4.47 Å². The van der Waals surface area contributed by atoms with Crippen molar-refractivity contribution >= 4 is 15.9 Å². The molecular weight excluding hydrogens is 254 g/mol. The third-order valence-electron chi connectivity index (χ3n) is 2.53. The summed E-state index contributed by atoms with van der Waals surface area (Å²) in [6.07, 6.45) is 1.20. The van der Waals surface area contributed by atoms with E-state index >= 15 is 0 Å². The van der Waals surface area contributed by atoms with E-state index in [0.717, 1.165) is 17.6 Å². The Bertz CT molecular complexity index is 314. The van der Waals surface area contributed by atoms with Gasteiger partial charge in [-0.05, 0) is 46.1 Å². The van der Waals surface area contributed by atoms with Crippen LogP contribution < -0.4 is 5.32 Å². The van der Waals surface area contributed by atoms with Crippen molar-refractivity contribution in [3.63, 3.8) is 0 Å². The number of aromatic hydroxyl groups is 1. The second-order valence-electron chi connectivity index (χ2n) is 3.93. The van der Waals surface area contributed by atoms with E-state index in [9.17, 15) is 5.11 Å². The Morgan fingerprint density at radius 2 is 2.20 bits per heavy atom. The average molecular weight is 272 g/mol. The quantitative estimate of drug-likeness (QED) is 0.862. The molecule has 2 N–H and O–H groups in total. The van der Waals surface area contributed by atoms with Crippen LogP contribution in [0, 0.1) is 5.92 Å². The minimum absolute atomic E-state index is 0.292. The standard InChI is InChI=1S/C12H18BrNO/c1-3-9(2)7-14-8-10-4-5-12(15)11(13)6-10/h4-6,9,14-15H,3,7-8H2,1-2H3. The van der Waals surface area contributed by atoms with Crippen LogP contribution in [0.1, 0.15) is 25.8 Å². The van der Waals surface area contributed by atoms with Gasteiger partial charge in [0.25, 0.3) is 0 Å². The highest BCUT2D eigenvalue weighted by atomic mass is 79.9. The van der Waals surface area contributed by atoms with E-state index in [0.29, 0.717) is 11.7 Å². The lowest BCUT2D eigenvalue weighted by atomic mass is 10.1. The molecule has 0 aliphatic rings. The number of rotatable bonds is 5.